The molecule has 0 aliphatic heterocycles. The predicted octanol–water partition coefficient (Wildman–Crippen LogP) is 2.05. The monoisotopic (exact) mass is 301 g/mol. The van der Waals surface area contributed by atoms with Crippen molar-refractivity contribution < 1.29 is 9.59 Å². The first kappa shape index (κ1) is 16.2. The number of hydrogen-bond acceptors (Lipinski definition) is 3. The Morgan fingerprint density at radius 3 is 2.73 bits per heavy atom. The molecule has 1 fully saturated rings. The van der Waals surface area contributed by atoms with E-state index in [-0.39, 0.29) is 11.8 Å². The Morgan fingerprint density at radius 1 is 1.32 bits per heavy atom. The lowest BCUT2D eigenvalue weighted by Gasteiger charge is -2.36. The molecule has 0 spiro atoms. The Kier molecular flexibility index (Phi) is 5.69. The minimum absolute atomic E-state index is 0.0715. The largest absolute Gasteiger partial charge is 0.354 e. The van der Waals surface area contributed by atoms with E-state index in [9.17, 15) is 9.59 Å². The van der Waals surface area contributed by atoms with Gasteiger partial charge in [-0.3, -0.25) is 14.6 Å². The lowest BCUT2D eigenvalue weighted by molar-refractivity contribution is -0.133. The molecule has 0 radical (unpaired) electrons. The van der Waals surface area contributed by atoms with E-state index in [0.29, 0.717) is 19.4 Å². The molecule has 0 aromatic carbocycles. The number of likely N-dealkylation sites (N-methyl/N-ethyl adjacent to an activating group) is 1. The summed E-state index contributed by atoms with van der Waals surface area (Å²) in [7, 11) is 0. The van der Waals surface area contributed by atoms with Crippen LogP contribution in [0.4, 0.5) is 0 Å². The second-order valence-electron chi connectivity index (χ2n) is 5.61. The van der Waals surface area contributed by atoms with Gasteiger partial charge in [-0.15, -0.1) is 0 Å². The molecule has 2 rings (SSSR count). The van der Waals surface area contributed by atoms with Crippen molar-refractivity contribution in [2.45, 2.75) is 44.6 Å². The Hall–Kier alpha value is -2.17. The molecule has 1 aromatic rings. The van der Waals surface area contributed by atoms with Crippen molar-refractivity contribution in [1.82, 2.24) is 15.6 Å². The Morgan fingerprint density at radius 2 is 2.09 bits per heavy atom. The molecular formula is C17H23N3O2. The van der Waals surface area contributed by atoms with Crippen molar-refractivity contribution in [1.29, 1.82) is 0 Å². The first-order valence-electron chi connectivity index (χ1n) is 7.85. The highest BCUT2D eigenvalue weighted by molar-refractivity contribution is 5.97. The molecule has 0 bridgehead atoms. The van der Waals surface area contributed by atoms with E-state index in [4.69, 9.17) is 0 Å². The molecule has 1 aromatic heterocycles. The maximum Gasteiger partial charge on any atom is 0.245 e. The highest BCUT2D eigenvalue weighted by atomic mass is 16.2. The third kappa shape index (κ3) is 4.16. The van der Waals surface area contributed by atoms with Gasteiger partial charge in [-0.25, -0.2) is 0 Å². The van der Waals surface area contributed by atoms with Crippen molar-refractivity contribution in [2.75, 3.05) is 6.54 Å². The van der Waals surface area contributed by atoms with Crippen LogP contribution in [0.1, 0.15) is 44.6 Å². The summed E-state index contributed by atoms with van der Waals surface area (Å²) in [5, 5.41) is 5.78. The lowest BCUT2D eigenvalue weighted by atomic mass is 9.80. The van der Waals surface area contributed by atoms with E-state index in [1.54, 1.807) is 18.5 Å². The van der Waals surface area contributed by atoms with Crippen LogP contribution in [0.2, 0.25) is 0 Å². The third-order valence-corrected chi connectivity index (χ3v) is 3.95. The summed E-state index contributed by atoms with van der Waals surface area (Å²) in [6.45, 7) is 2.46. The number of nitrogens with zero attached hydrogens (tertiary/aromatic N) is 1. The van der Waals surface area contributed by atoms with Gasteiger partial charge >= 0.3 is 0 Å². The summed E-state index contributed by atoms with van der Waals surface area (Å²) in [4.78, 5) is 28.6. The molecule has 0 saturated heterocycles. The summed E-state index contributed by atoms with van der Waals surface area (Å²) in [5.74, 6) is -0.310. The number of carbonyl (C=O) groups excluding carboxylic acids is 2. The van der Waals surface area contributed by atoms with Crippen LogP contribution in [0.5, 0.6) is 0 Å². The SMILES string of the molecule is CCNC(=O)C1(NC(=O)/C=C\c2cccnc2)CCCCC1. The molecule has 5 heteroatoms. The van der Waals surface area contributed by atoms with E-state index in [1.807, 2.05) is 19.1 Å². The maximum absolute atomic E-state index is 12.4. The minimum Gasteiger partial charge on any atom is -0.354 e. The lowest BCUT2D eigenvalue weighted by Crippen LogP contribution is -2.59. The summed E-state index contributed by atoms with van der Waals surface area (Å²) in [6.07, 6.45) is 11.0. The van der Waals surface area contributed by atoms with Crippen molar-refractivity contribution in [3.63, 3.8) is 0 Å². The second-order valence-corrected chi connectivity index (χ2v) is 5.61. The summed E-state index contributed by atoms with van der Waals surface area (Å²) < 4.78 is 0. The molecule has 1 aliphatic carbocycles. The maximum atomic E-state index is 12.4. The van der Waals surface area contributed by atoms with Crippen molar-refractivity contribution >= 4 is 17.9 Å². The average Bonchev–Trinajstić information content (AvgIpc) is 2.55. The van der Waals surface area contributed by atoms with Crippen molar-refractivity contribution in [3.05, 3.63) is 36.2 Å². The molecule has 1 aliphatic rings. The van der Waals surface area contributed by atoms with Crippen LogP contribution in [-0.2, 0) is 9.59 Å². The number of hydrogen-bond donors (Lipinski definition) is 2. The first-order valence-corrected chi connectivity index (χ1v) is 7.85. The number of aromatic nitrogens is 1. The summed E-state index contributed by atoms with van der Waals surface area (Å²) >= 11 is 0. The molecule has 5 nitrogen and oxygen atoms in total. The van der Waals surface area contributed by atoms with Crippen molar-refractivity contribution in [2.24, 2.45) is 0 Å². The molecule has 1 heterocycles. The summed E-state index contributed by atoms with van der Waals surface area (Å²) in [5.41, 5.74) is 0.0957. The zero-order valence-corrected chi connectivity index (χ0v) is 13.0. The van der Waals surface area contributed by atoms with Gasteiger partial charge in [0.25, 0.3) is 0 Å². The molecule has 1 saturated carbocycles. The zero-order valence-electron chi connectivity index (χ0n) is 13.0. The molecule has 0 atom stereocenters. The van der Waals surface area contributed by atoms with Gasteiger partial charge in [-0.2, -0.15) is 0 Å². The number of rotatable bonds is 5. The molecule has 22 heavy (non-hydrogen) atoms. The number of amides is 2. The topological polar surface area (TPSA) is 71.1 Å². The van der Waals surface area contributed by atoms with Crippen molar-refractivity contribution in [3.8, 4) is 0 Å². The van der Waals surface area contributed by atoms with Gasteiger partial charge in [0, 0.05) is 25.0 Å². The fourth-order valence-corrected chi connectivity index (χ4v) is 2.82. The zero-order chi connectivity index (χ0) is 15.8. The van der Waals surface area contributed by atoms with Gasteiger partial charge in [0.2, 0.25) is 11.8 Å². The number of pyridine rings is 1. The number of nitrogens with one attached hydrogen (secondary N) is 2. The van der Waals surface area contributed by atoms with E-state index < -0.39 is 5.54 Å². The van der Waals surface area contributed by atoms with Crippen LogP contribution in [0.25, 0.3) is 6.08 Å². The first-order chi connectivity index (χ1) is 10.7. The Balaban J connectivity index is 2.05. The molecular weight excluding hydrogens is 278 g/mol. The highest BCUT2D eigenvalue weighted by Crippen LogP contribution is 2.28. The van der Waals surface area contributed by atoms with Gasteiger partial charge in [0.05, 0.1) is 0 Å². The van der Waals surface area contributed by atoms with E-state index in [0.717, 1.165) is 24.8 Å². The van der Waals surface area contributed by atoms with Crippen LogP contribution in [0, 0.1) is 0 Å². The van der Waals surface area contributed by atoms with Gasteiger partial charge in [-0.05, 0) is 37.5 Å². The number of carbonyl (C=O) groups is 2. The normalized spacial score (nSPS) is 17.1. The average molecular weight is 301 g/mol. The standard InChI is InChI=1S/C17H23N3O2/c1-2-19-16(22)17(10-4-3-5-11-17)20-15(21)9-8-14-7-6-12-18-13-14/h6-9,12-13H,2-5,10-11H2,1H3,(H,19,22)(H,20,21)/b9-8-. The summed E-state index contributed by atoms with van der Waals surface area (Å²) in [6, 6.07) is 3.69. The van der Waals surface area contributed by atoms with Crippen LogP contribution in [0.3, 0.4) is 0 Å². The smallest absolute Gasteiger partial charge is 0.245 e. The molecule has 0 unspecified atom stereocenters. The Bertz CT molecular complexity index is 534. The molecule has 118 valence electrons. The van der Waals surface area contributed by atoms with E-state index in [2.05, 4.69) is 15.6 Å². The van der Waals surface area contributed by atoms with E-state index >= 15 is 0 Å². The van der Waals surface area contributed by atoms with Gasteiger partial charge in [-0.1, -0.05) is 25.3 Å². The highest BCUT2D eigenvalue weighted by Gasteiger charge is 2.40. The minimum atomic E-state index is -0.759. The fraction of sp³-hybridized carbons (Fsp3) is 0.471. The third-order valence-electron chi connectivity index (χ3n) is 3.95. The van der Waals surface area contributed by atoms with Crippen LogP contribution < -0.4 is 10.6 Å². The van der Waals surface area contributed by atoms with Crippen LogP contribution in [-0.4, -0.2) is 28.9 Å². The van der Waals surface area contributed by atoms with Gasteiger partial charge in [0.15, 0.2) is 0 Å². The van der Waals surface area contributed by atoms with Gasteiger partial charge < -0.3 is 10.6 Å². The second kappa shape index (κ2) is 7.73. The van der Waals surface area contributed by atoms with Crippen LogP contribution >= 0.6 is 0 Å². The quantitative estimate of drug-likeness (QED) is 0.818. The molecule has 2 amide bonds. The van der Waals surface area contributed by atoms with Gasteiger partial charge in [0.1, 0.15) is 5.54 Å². The van der Waals surface area contributed by atoms with Crippen LogP contribution in [0.15, 0.2) is 30.6 Å². The fourth-order valence-electron chi connectivity index (χ4n) is 2.82. The molecule has 2 N–H and O–H groups in total. The Labute approximate surface area is 131 Å². The predicted molar refractivity (Wildman–Crippen MR) is 85.9 cm³/mol. The van der Waals surface area contributed by atoms with E-state index in [1.165, 1.54) is 6.08 Å².